The predicted molar refractivity (Wildman–Crippen MR) is 102 cm³/mol. The zero-order valence-corrected chi connectivity index (χ0v) is 16.6. The fourth-order valence-corrected chi connectivity index (χ4v) is 4.93. The normalized spacial score (nSPS) is 16.3. The summed E-state index contributed by atoms with van der Waals surface area (Å²) in [5.41, 5.74) is 1.13. The summed E-state index contributed by atoms with van der Waals surface area (Å²) in [5, 5.41) is 3.42. The Kier molecular flexibility index (Phi) is 5.01. The van der Waals surface area contributed by atoms with E-state index >= 15 is 0 Å². The minimum absolute atomic E-state index is 0.0889. The smallest absolute Gasteiger partial charge is 0.269 e. The van der Waals surface area contributed by atoms with Gasteiger partial charge in [-0.1, -0.05) is 23.7 Å². The molecule has 8 heteroatoms. The minimum atomic E-state index is -3.95. The van der Waals surface area contributed by atoms with Gasteiger partial charge in [0.1, 0.15) is 4.90 Å². The van der Waals surface area contributed by atoms with Crippen molar-refractivity contribution in [3.63, 3.8) is 0 Å². The van der Waals surface area contributed by atoms with Crippen LogP contribution in [0.2, 0.25) is 5.02 Å². The van der Waals surface area contributed by atoms with Gasteiger partial charge in [-0.3, -0.25) is 9.59 Å². The van der Waals surface area contributed by atoms with Crippen molar-refractivity contribution < 1.29 is 18.0 Å². The summed E-state index contributed by atoms with van der Waals surface area (Å²) < 4.78 is 26.1. The fraction of sp³-hybridized carbons (Fsp3) is 0.263. The summed E-state index contributed by atoms with van der Waals surface area (Å²) in [6.07, 6.45) is 0. The van der Waals surface area contributed by atoms with Crippen molar-refractivity contribution >= 4 is 33.4 Å². The number of nitrogens with zero attached hydrogens (tertiary/aromatic N) is 1. The molecule has 0 radical (unpaired) electrons. The van der Waals surface area contributed by atoms with Crippen LogP contribution in [-0.4, -0.2) is 30.6 Å². The first-order valence-electron chi connectivity index (χ1n) is 8.42. The maximum atomic E-state index is 12.6. The summed E-state index contributed by atoms with van der Waals surface area (Å²) >= 11 is 5.87. The van der Waals surface area contributed by atoms with Crippen LogP contribution in [0.4, 0.5) is 0 Å². The number of carbonyl (C=O) groups is 2. The minimum Gasteiger partial charge on any atom is -0.346 e. The summed E-state index contributed by atoms with van der Waals surface area (Å²) in [4.78, 5) is 24.8. The molecule has 2 aromatic rings. The molecule has 1 aliphatic heterocycles. The van der Waals surface area contributed by atoms with Crippen molar-refractivity contribution in [2.75, 3.05) is 0 Å². The topological polar surface area (TPSA) is 83.6 Å². The fourth-order valence-electron chi connectivity index (χ4n) is 3.01. The number of benzene rings is 2. The van der Waals surface area contributed by atoms with Gasteiger partial charge in [0.2, 0.25) is 0 Å². The van der Waals surface area contributed by atoms with E-state index < -0.39 is 27.9 Å². The Morgan fingerprint density at radius 1 is 1.07 bits per heavy atom. The van der Waals surface area contributed by atoms with Crippen molar-refractivity contribution in [1.82, 2.24) is 9.62 Å². The molecule has 6 nitrogen and oxygen atoms in total. The number of sulfonamides is 1. The van der Waals surface area contributed by atoms with Crippen LogP contribution in [0.25, 0.3) is 0 Å². The van der Waals surface area contributed by atoms with E-state index in [-0.39, 0.29) is 22.1 Å². The number of halogens is 1. The molecule has 1 N–H and O–H groups in total. The van der Waals surface area contributed by atoms with E-state index in [1.165, 1.54) is 18.2 Å². The maximum Gasteiger partial charge on any atom is 0.269 e. The van der Waals surface area contributed by atoms with Gasteiger partial charge in [0, 0.05) is 16.6 Å². The molecule has 0 saturated heterocycles. The first-order valence-corrected chi connectivity index (χ1v) is 10.2. The summed E-state index contributed by atoms with van der Waals surface area (Å²) in [7, 11) is -3.95. The number of fused-ring (bicyclic) bond motifs is 1. The van der Waals surface area contributed by atoms with Gasteiger partial charge < -0.3 is 5.32 Å². The van der Waals surface area contributed by atoms with Crippen LogP contribution in [0.15, 0.2) is 47.4 Å². The van der Waals surface area contributed by atoms with Crippen LogP contribution < -0.4 is 5.32 Å². The van der Waals surface area contributed by atoms with Crippen LogP contribution >= 0.6 is 11.6 Å². The van der Waals surface area contributed by atoms with Crippen LogP contribution in [0.3, 0.4) is 0 Å². The van der Waals surface area contributed by atoms with Crippen molar-refractivity contribution in [3.8, 4) is 0 Å². The number of carbonyl (C=O) groups excluding carboxylic acids is 2. The van der Waals surface area contributed by atoms with E-state index in [2.05, 4.69) is 5.32 Å². The van der Waals surface area contributed by atoms with Crippen molar-refractivity contribution in [2.45, 2.75) is 37.8 Å². The molecule has 0 fully saturated rings. The molecule has 1 heterocycles. The Morgan fingerprint density at radius 2 is 1.70 bits per heavy atom. The standard InChI is InChI=1S/C19H19ClN2O4S/c1-11(2)22-19(24)16-9-6-14(10-17(16)27(22,25)26)18(23)21-12(3)13-4-7-15(20)8-5-13/h4-12H,1-3H3,(H,21,23). The average Bonchev–Trinajstić information content (AvgIpc) is 2.81. The van der Waals surface area contributed by atoms with Crippen molar-refractivity contribution in [1.29, 1.82) is 0 Å². The van der Waals surface area contributed by atoms with Gasteiger partial charge in [-0.15, -0.1) is 0 Å². The Morgan fingerprint density at radius 3 is 2.30 bits per heavy atom. The Balaban J connectivity index is 1.88. The van der Waals surface area contributed by atoms with Gasteiger partial charge in [0.15, 0.2) is 0 Å². The van der Waals surface area contributed by atoms with Gasteiger partial charge >= 0.3 is 0 Å². The van der Waals surface area contributed by atoms with Crippen LogP contribution in [0, 0.1) is 0 Å². The second-order valence-corrected chi connectivity index (χ2v) is 8.88. The van der Waals surface area contributed by atoms with E-state index in [0.717, 1.165) is 9.87 Å². The Hall–Kier alpha value is -2.38. The van der Waals surface area contributed by atoms with Crippen LogP contribution in [0.5, 0.6) is 0 Å². The van der Waals surface area contributed by atoms with Gasteiger partial charge in [0.25, 0.3) is 21.8 Å². The summed E-state index contributed by atoms with van der Waals surface area (Å²) in [6.45, 7) is 5.07. The van der Waals surface area contributed by atoms with Crippen LogP contribution in [-0.2, 0) is 10.0 Å². The quantitative estimate of drug-likeness (QED) is 0.843. The molecule has 142 valence electrons. The molecular weight excluding hydrogens is 388 g/mol. The third-order valence-corrected chi connectivity index (χ3v) is 6.65. The Bertz CT molecular complexity index is 1020. The number of amides is 2. The molecule has 2 aromatic carbocycles. The van der Waals surface area contributed by atoms with E-state index in [1.54, 1.807) is 38.1 Å². The lowest BCUT2D eigenvalue weighted by molar-refractivity contribution is 0.0845. The summed E-state index contributed by atoms with van der Waals surface area (Å²) in [6, 6.07) is 10.4. The molecule has 0 aliphatic carbocycles. The van der Waals surface area contributed by atoms with E-state index in [0.29, 0.717) is 5.02 Å². The number of rotatable bonds is 4. The van der Waals surface area contributed by atoms with E-state index in [1.807, 2.05) is 6.92 Å². The zero-order chi connectivity index (χ0) is 19.9. The molecular formula is C19H19ClN2O4S. The third kappa shape index (κ3) is 3.44. The lowest BCUT2D eigenvalue weighted by atomic mass is 10.1. The first-order chi connectivity index (χ1) is 12.6. The van der Waals surface area contributed by atoms with Crippen molar-refractivity contribution in [3.05, 3.63) is 64.2 Å². The average molecular weight is 407 g/mol. The van der Waals surface area contributed by atoms with Gasteiger partial charge in [-0.05, 0) is 56.7 Å². The number of hydrogen-bond donors (Lipinski definition) is 1. The molecule has 1 atom stereocenters. The van der Waals surface area contributed by atoms with Gasteiger partial charge in [-0.2, -0.15) is 0 Å². The monoisotopic (exact) mass is 406 g/mol. The number of hydrogen-bond acceptors (Lipinski definition) is 4. The van der Waals surface area contributed by atoms with E-state index in [9.17, 15) is 18.0 Å². The first kappa shape index (κ1) is 19.4. The second-order valence-electron chi connectivity index (χ2n) is 6.66. The number of nitrogens with one attached hydrogen (secondary N) is 1. The molecule has 3 rings (SSSR count). The highest BCUT2D eigenvalue weighted by atomic mass is 35.5. The highest BCUT2D eigenvalue weighted by molar-refractivity contribution is 7.90. The SMILES string of the molecule is CC(NC(=O)c1ccc2c(c1)S(=O)(=O)N(C(C)C)C2=O)c1ccc(Cl)cc1. The lowest BCUT2D eigenvalue weighted by Gasteiger charge is -2.18. The Labute approximate surface area is 163 Å². The lowest BCUT2D eigenvalue weighted by Crippen LogP contribution is -2.36. The van der Waals surface area contributed by atoms with Gasteiger partial charge in [-0.25, -0.2) is 12.7 Å². The molecule has 1 aliphatic rings. The van der Waals surface area contributed by atoms with Gasteiger partial charge in [0.05, 0.1) is 11.6 Å². The van der Waals surface area contributed by atoms with Crippen molar-refractivity contribution in [2.24, 2.45) is 0 Å². The highest BCUT2D eigenvalue weighted by Crippen LogP contribution is 2.32. The molecule has 2 amide bonds. The summed E-state index contributed by atoms with van der Waals surface area (Å²) in [5.74, 6) is -0.993. The zero-order valence-electron chi connectivity index (χ0n) is 15.1. The third-order valence-electron chi connectivity index (χ3n) is 4.40. The maximum absolute atomic E-state index is 12.6. The molecule has 1 unspecified atom stereocenters. The molecule has 0 aromatic heterocycles. The largest absolute Gasteiger partial charge is 0.346 e. The molecule has 0 saturated carbocycles. The molecule has 0 spiro atoms. The highest BCUT2D eigenvalue weighted by Gasteiger charge is 2.42. The van der Waals surface area contributed by atoms with Crippen LogP contribution in [0.1, 0.15) is 53.1 Å². The van der Waals surface area contributed by atoms with E-state index in [4.69, 9.17) is 11.6 Å². The predicted octanol–water partition coefficient (Wildman–Crippen LogP) is 3.38. The molecule has 27 heavy (non-hydrogen) atoms. The molecule has 0 bridgehead atoms. The second kappa shape index (κ2) is 6.98.